The molecule has 1 amide bonds. The maximum absolute atomic E-state index is 12.6. The zero-order chi connectivity index (χ0) is 19.7. The van der Waals surface area contributed by atoms with Gasteiger partial charge >= 0.3 is 0 Å². The van der Waals surface area contributed by atoms with Crippen molar-refractivity contribution in [1.29, 1.82) is 0 Å². The van der Waals surface area contributed by atoms with Gasteiger partial charge in [-0.25, -0.2) is 9.97 Å². The third-order valence-corrected chi connectivity index (χ3v) is 5.41. The van der Waals surface area contributed by atoms with Crippen LogP contribution in [0.25, 0.3) is 11.1 Å². The van der Waals surface area contributed by atoms with Crippen molar-refractivity contribution in [3.63, 3.8) is 0 Å². The summed E-state index contributed by atoms with van der Waals surface area (Å²) >= 11 is 5.91. The molecule has 2 N–H and O–H groups in total. The van der Waals surface area contributed by atoms with E-state index in [9.17, 15) is 4.79 Å². The number of hydrogen-bond donors (Lipinski definition) is 2. The lowest BCUT2D eigenvalue weighted by atomic mass is 9.99. The quantitative estimate of drug-likeness (QED) is 0.667. The number of carbonyl (C=O) groups is 1. The van der Waals surface area contributed by atoms with E-state index in [-0.39, 0.29) is 11.4 Å². The summed E-state index contributed by atoms with van der Waals surface area (Å²) in [5.41, 5.74) is 4.43. The van der Waals surface area contributed by atoms with Gasteiger partial charge in [0, 0.05) is 29.4 Å². The third-order valence-electron chi connectivity index (χ3n) is 5.16. The van der Waals surface area contributed by atoms with Gasteiger partial charge in [-0.15, -0.1) is 0 Å². The summed E-state index contributed by atoms with van der Waals surface area (Å²) in [5, 5.41) is 6.76. The molecule has 1 heterocycles. The molecule has 4 rings (SSSR count). The highest BCUT2D eigenvalue weighted by Crippen LogP contribution is 2.46. The van der Waals surface area contributed by atoms with Crippen molar-refractivity contribution in [3.8, 4) is 11.1 Å². The molecule has 1 aliphatic rings. The van der Waals surface area contributed by atoms with Crippen LogP contribution < -0.4 is 10.6 Å². The Morgan fingerprint density at radius 1 is 1.07 bits per heavy atom. The second-order valence-electron chi connectivity index (χ2n) is 7.06. The zero-order valence-electron chi connectivity index (χ0n) is 15.8. The average Bonchev–Trinajstić information content (AvgIpc) is 3.49. The van der Waals surface area contributed by atoms with E-state index in [1.54, 1.807) is 31.3 Å². The molecule has 28 heavy (non-hydrogen) atoms. The normalized spacial score (nSPS) is 14.4. The molecule has 142 valence electrons. The van der Waals surface area contributed by atoms with Crippen LogP contribution in [0.5, 0.6) is 0 Å². The van der Waals surface area contributed by atoms with Gasteiger partial charge in [-0.3, -0.25) is 4.79 Å². The predicted octanol–water partition coefficient (Wildman–Crippen LogP) is 4.57. The Morgan fingerprint density at radius 3 is 2.32 bits per heavy atom. The van der Waals surface area contributed by atoms with Gasteiger partial charge in [0.1, 0.15) is 0 Å². The molecule has 5 nitrogen and oxygen atoms in total. The van der Waals surface area contributed by atoms with E-state index >= 15 is 0 Å². The standard InChI is InChI=1S/C22H21ClN4O/c1-14-19(13-25-21(24-2)26-14)15-3-7-17(8-4-15)22(11-12-22)27-20(28)16-5-9-18(23)10-6-16/h3-10,13H,11-12H2,1-2H3,(H,27,28)(H,24,25,26). The van der Waals surface area contributed by atoms with Crippen LogP contribution in [0.15, 0.2) is 54.7 Å². The van der Waals surface area contributed by atoms with Crippen molar-refractivity contribution < 1.29 is 4.79 Å². The molecule has 2 aromatic carbocycles. The summed E-state index contributed by atoms with van der Waals surface area (Å²) in [5.74, 6) is 0.532. The highest BCUT2D eigenvalue weighted by molar-refractivity contribution is 6.30. The van der Waals surface area contributed by atoms with E-state index in [2.05, 4.69) is 44.9 Å². The van der Waals surface area contributed by atoms with E-state index in [1.165, 1.54) is 0 Å². The summed E-state index contributed by atoms with van der Waals surface area (Å²) < 4.78 is 0. The number of halogens is 1. The number of hydrogen-bond acceptors (Lipinski definition) is 4. The molecule has 1 aromatic heterocycles. The van der Waals surface area contributed by atoms with Gasteiger partial charge in [-0.1, -0.05) is 35.9 Å². The summed E-state index contributed by atoms with van der Waals surface area (Å²) in [6, 6.07) is 15.2. The number of amides is 1. The number of anilines is 1. The fourth-order valence-electron chi connectivity index (χ4n) is 3.34. The van der Waals surface area contributed by atoms with Crippen molar-refractivity contribution in [2.45, 2.75) is 25.3 Å². The SMILES string of the molecule is CNc1ncc(-c2ccc(C3(NC(=O)c4ccc(Cl)cc4)CC3)cc2)c(C)n1. The number of rotatable bonds is 5. The van der Waals surface area contributed by atoms with Gasteiger partial charge in [0.2, 0.25) is 5.95 Å². The second kappa shape index (κ2) is 7.24. The van der Waals surface area contributed by atoms with Crippen molar-refractivity contribution in [2.75, 3.05) is 12.4 Å². The van der Waals surface area contributed by atoms with Gasteiger partial charge in [0.15, 0.2) is 0 Å². The summed E-state index contributed by atoms with van der Waals surface area (Å²) in [6.45, 7) is 1.97. The summed E-state index contributed by atoms with van der Waals surface area (Å²) in [4.78, 5) is 21.4. The van der Waals surface area contributed by atoms with Crippen LogP contribution in [0.3, 0.4) is 0 Å². The number of carbonyl (C=O) groups excluding carboxylic acids is 1. The van der Waals surface area contributed by atoms with E-state index in [0.29, 0.717) is 16.5 Å². The average molecular weight is 393 g/mol. The second-order valence-corrected chi connectivity index (χ2v) is 7.50. The fourth-order valence-corrected chi connectivity index (χ4v) is 3.47. The van der Waals surface area contributed by atoms with Crippen molar-refractivity contribution in [1.82, 2.24) is 15.3 Å². The number of benzene rings is 2. The van der Waals surface area contributed by atoms with Gasteiger partial charge < -0.3 is 10.6 Å². The summed E-state index contributed by atoms with van der Waals surface area (Å²) in [6.07, 6.45) is 3.70. The monoisotopic (exact) mass is 392 g/mol. The highest BCUT2D eigenvalue weighted by atomic mass is 35.5. The first kappa shape index (κ1) is 18.4. The Morgan fingerprint density at radius 2 is 1.75 bits per heavy atom. The number of nitrogens with zero attached hydrogens (tertiary/aromatic N) is 2. The van der Waals surface area contributed by atoms with Crippen LogP contribution in [0.1, 0.15) is 34.5 Å². The highest BCUT2D eigenvalue weighted by Gasteiger charge is 2.45. The maximum Gasteiger partial charge on any atom is 0.251 e. The molecule has 1 fully saturated rings. The lowest BCUT2D eigenvalue weighted by molar-refractivity contribution is 0.0931. The number of nitrogens with one attached hydrogen (secondary N) is 2. The molecule has 0 unspecified atom stereocenters. The predicted molar refractivity (Wildman–Crippen MR) is 112 cm³/mol. The molecule has 1 aliphatic carbocycles. The molecule has 6 heteroatoms. The first-order chi connectivity index (χ1) is 13.5. The van der Waals surface area contributed by atoms with Crippen LogP contribution in [0.2, 0.25) is 5.02 Å². The van der Waals surface area contributed by atoms with E-state index in [1.807, 2.05) is 13.1 Å². The fraction of sp³-hybridized carbons (Fsp3) is 0.227. The molecule has 3 aromatic rings. The first-order valence-corrected chi connectivity index (χ1v) is 9.59. The molecule has 0 saturated heterocycles. The lowest BCUT2D eigenvalue weighted by Gasteiger charge is -2.19. The smallest absolute Gasteiger partial charge is 0.251 e. The van der Waals surface area contributed by atoms with E-state index in [4.69, 9.17) is 11.6 Å². The van der Waals surface area contributed by atoms with Gasteiger partial charge in [-0.2, -0.15) is 0 Å². The van der Waals surface area contributed by atoms with Gasteiger partial charge in [0.05, 0.1) is 11.2 Å². The number of aryl methyl sites for hydroxylation is 1. The Labute approximate surface area is 169 Å². The van der Waals surface area contributed by atoms with Crippen LogP contribution in [-0.4, -0.2) is 22.9 Å². The molecule has 0 atom stereocenters. The largest absolute Gasteiger partial charge is 0.357 e. The van der Waals surface area contributed by atoms with Crippen LogP contribution in [0, 0.1) is 6.92 Å². The van der Waals surface area contributed by atoms with Crippen LogP contribution >= 0.6 is 11.6 Å². The molecular weight excluding hydrogens is 372 g/mol. The minimum Gasteiger partial charge on any atom is -0.357 e. The van der Waals surface area contributed by atoms with Crippen molar-refractivity contribution >= 4 is 23.5 Å². The van der Waals surface area contributed by atoms with Crippen LogP contribution in [0.4, 0.5) is 5.95 Å². The maximum atomic E-state index is 12.6. The van der Waals surface area contributed by atoms with Crippen molar-refractivity contribution in [2.24, 2.45) is 0 Å². The Hall–Kier alpha value is -2.92. The van der Waals surface area contributed by atoms with E-state index < -0.39 is 0 Å². The van der Waals surface area contributed by atoms with Gasteiger partial charge in [0.25, 0.3) is 5.91 Å². The lowest BCUT2D eigenvalue weighted by Crippen LogP contribution is -2.34. The Balaban J connectivity index is 1.53. The minimum atomic E-state index is -0.281. The number of aromatic nitrogens is 2. The van der Waals surface area contributed by atoms with E-state index in [0.717, 1.165) is 35.2 Å². The summed E-state index contributed by atoms with van der Waals surface area (Å²) in [7, 11) is 1.80. The molecule has 0 radical (unpaired) electrons. The third kappa shape index (κ3) is 3.58. The van der Waals surface area contributed by atoms with Crippen molar-refractivity contribution in [3.05, 3.63) is 76.6 Å². The minimum absolute atomic E-state index is 0.0786. The molecule has 0 spiro atoms. The Bertz CT molecular complexity index is 1010. The zero-order valence-corrected chi connectivity index (χ0v) is 16.5. The first-order valence-electron chi connectivity index (χ1n) is 9.21. The Kier molecular flexibility index (Phi) is 4.77. The molecule has 0 aliphatic heterocycles. The van der Waals surface area contributed by atoms with Gasteiger partial charge in [-0.05, 0) is 55.2 Å². The topological polar surface area (TPSA) is 66.9 Å². The molecule has 1 saturated carbocycles. The molecular formula is C22H21ClN4O. The van der Waals surface area contributed by atoms with Crippen LogP contribution in [-0.2, 0) is 5.54 Å². The molecule has 0 bridgehead atoms.